The molecule has 0 fully saturated rings. The molecule has 3 nitrogen and oxygen atoms in total. The number of nitrogens with zero attached hydrogens (tertiary/aromatic N) is 1. The lowest BCUT2D eigenvalue weighted by molar-refractivity contribution is 0.592. The molecular formula is C26H21NO2S2. The molecule has 1 unspecified atom stereocenters. The molecule has 5 rings (SSSR count). The molecule has 31 heavy (non-hydrogen) atoms. The molecule has 0 saturated carbocycles. The molecule has 0 bridgehead atoms. The molecular weight excluding hydrogens is 422 g/mol. The summed E-state index contributed by atoms with van der Waals surface area (Å²) in [5.41, 5.74) is 2.82. The highest BCUT2D eigenvalue weighted by Crippen LogP contribution is 2.46. The van der Waals surface area contributed by atoms with E-state index in [0.29, 0.717) is 4.90 Å². The quantitative estimate of drug-likeness (QED) is 0.362. The summed E-state index contributed by atoms with van der Waals surface area (Å²) in [5.74, 6) is 0. The van der Waals surface area contributed by atoms with Gasteiger partial charge in [0.2, 0.25) is 0 Å². The summed E-state index contributed by atoms with van der Waals surface area (Å²) in [5, 5.41) is 1.95. The zero-order valence-electron chi connectivity index (χ0n) is 17.0. The molecule has 0 N–H and O–H groups in total. The zero-order valence-corrected chi connectivity index (χ0v) is 18.6. The van der Waals surface area contributed by atoms with Crippen LogP contribution in [0.25, 0.3) is 16.8 Å². The number of fused-ring (bicyclic) bond motifs is 2. The summed E-state index contributed by atoms with van der Waals surface area (Å²) in [6.45, 7) is 1.95. The first-order valence-electron chi connectivity index (χ1n) is 10.1. The molecule has 1 aliphatic heterocycles. The van der Waals surface area contributed by atoms with Gasteiger partial charge < -0.3 is 0 Å². The largest absolute Gasteiger partial charge is 0.265 e. The van der Waals surface area contributed by atoms with Crippen molar-refractivity contribution in [2.45, 2.75) is 22.1 Å². The third-order valence-corrected chi connectivity index (χ3v) is 8.57. The smallest absolute Gasteiger partial charge is 0.248 e. The number of aryl methyl sites for hydroxylation is 1. The summed E-state index contributed by atoms with van der Waals surface area (Å²) in [6.07, 6.45) is 4.02. The van der Waals surface area contributed by atoms with E-state index in [1.165, 1.54) is 0 Å². The van der Waals surface area contributed by atoms with Gasteiger partial charge in [0.15, 0.2) is 0 Å². The fourth-order valence-electron chi connectivity index (χ4n) is 3.84. The van der Waals surface area contributed by atoms with Crippen LogP contribution in [0.2, 0.25) is 0 Å². The lowest BCUT2D eigenvalue weighted by Gasteiger charge is -2.24. The number of anilines is 1. The monoisotopic (exact) mass is 443 g/mol. The van der Waals surface area contributed by atoms with Gasteiger partial charge in [0.05, 0.1) is 10.6 Å². The molecule has 0 saturated heterocycles. The lowest BCUT2D eigenvalue weighted by Crippen LogP contribution is -2.34. The molecule has 1 aliphatic rings. The van der Waals surface area contributed by atoms with Crippen molar-refractivity contribution in [1.82, 2.24) is 0 Å². The summed E-state index contributed by atoms with van der Waals surface area (Å²) in [7, 11) is -3.70. The van der Waals surface area contributed by atoms with E-state index in [0.717, 1.165) is 32.5 Å². The number of para-hydroxylation sites is 1. The Morgan fingerprint density at radius 3 is 2.39 bits per heavy atom. The average molecular weight is 444 g/mol. The van der Waals surface area contributed by atoms with Crippen molar-refractivity contribution in [2.75, 3.05) is 4.31 Å². The van der Waals surface area contributed by atoms with Crippen LogP contribution in [0.3, 0.4) is 0 Å². The SMILES string of the molecule is Cc1ccc(S(=O)(=O)N2c3ccccc3SC2/C=C/c2cccc3ccccc23)cc1. The fraction of sp³-hybridized carbons (Fsp3) is 0.0769. The Balaban J connectivity index is 1.58. The maximum Gasteiger partial charge on any atom is 0.265 e. The van der Waals surface area contributed by atoms with Gasteiger partial charge in [0.25, 0.3) is 10.0 Å². The second-order valence-electron chi connectivity index (χ2n) is 7.52. The van der Waals surface area contributed by atoms with E-state index in [9.17, 15) is 8.42 Å². The van der Waals surface area contributed by atoms with Crippen LogP contribution < -0.4 is 4.31 Å². The van der Waals surface area contributed by atoms with E-state index in [1.54, 1.807) is 28.2 Å². The van der Waals surface area contributed by atoms with Gasteiger partial charge in [-0.2, -0.15) is 0 Å². The van der Waals surface area contributed by atoms with Crippen LogP contribution >= 0.6 is 11.8 Å². The van der Waals surface area contributed by atoms with E-state index in [1.807, 2.05) is 73.7 Å². The highest BCUT2D eigenvalue weighted by atomic mass is 32.2. The van der Waals surface area contributed by atoms with Crippen LogP contribution in [0.15, 0.2) is 107 Å². The third-order valence-electron chi connectivity index (χ3n) is 5.42. The molecule has 1 atom stereocenters. The summed E-state index contributed by atoms with van der Waals surface area (Å²) in [6, 6.07) is 29.1. The van der Waals surface area contributed by atoms with E-state index < -0.39 is 10.0 Å². The lowest BCUT2D eigenvalue weighted by atomic mass is 10.0. The second kappa shape index (κ2) is 7.91. The van der Waals surface area contributed by atoms with Crippen LogP contribution in [0.4, 0.5) is 5.69 Å². The van der Waals surface area contributed by atoms with Gasteiger partial charge in [-0.25, -0.2) is 12.7 Å². The molecule has 4 aromatic carbocycles. The van der Waals surface area contributed by atoms with Crippen LogP contribution in [-0.2, 0) is 10.0 Å². The molecule has 4 aromatic rings. The van der Waals surface area contributed by atoms with Crippen molar-refractivity contribution >= 4 is 44.3 Å². The van der Waals surface area contributed by atoms with Gasteiger partial charge in [-0.05, 0) is 53.6 Å². The predicted molar refractivity (Wildman–Crippen MR) is 130 cm³/mol. The topological polar surface area (TPSA) is 37.4 Å². The van der Waals surface area contributed by atoms with Crippen molar-refractivity contribution in [2.24, 2.45) is 0 Å². The minimum Gasteiger partial charge on any atom is -0.248 e. The standard InChI is InChI=1S/C26H21NO2S2/c1-19-13-16-22(17-14-19)31(28,29)27-24-11-4-5-12-25(24)30-26(27)18-15-21-9-6-8-20-7-2-3-10-23(20)21/h2-18,26H,1H3/b18-15+. The van der Waals surface area contributed by atoms with Crippen molar-refractivity contribution < 1.29 is 8.42 Å². The van der Waals surface area contributed by atoms with E-state index >= 15 is 0 Å². The number of rotatable bonds is 4. The van der Waals surface area contributed by atoms with Crippen molar-refractivity contribution in [3.05, 3.63) is 108 Å². The first kappa shape index (κ1) is 19.9. The maximum atomic E-state index is 13.6. The van der Waals surface area contributed by atoms with E-state index in [4.69, 9.17) is 0 Å². The Labute approximate surface area is 187 Å². The number of benzene rings is 4. The molecule has 5 heteroatoms. The Kier molecular flexibility index (Phi) is 5.08. The second-order valence-corrected chi connectivity index (χ2v) is 10.5. The third kappa shape index (κ3) is 3.64. The van der Waals surface area contributed by atoms with Gasteiger partial charge >= 0.3 is 0 Å². The van der Waals surface area contributed by atoms with Gasteiger partial charge in [0.1, 0.15) is 5.37 Å². The molecule has 1 heterocycles. The van der Waals surface area contributed by atoms with Crippen molar-refractivity contribution in [3.8, 4) is 0 Å². The van der Waals surface area contributed by atoms with Crippen LogP contribution in [0, 0.1) is 6.92 Å². The summed E-state index contributed by atoms with van der Waals surface area (Å²) >= 11 is 1.55. The van der Waals surface area contributed by atoms with Crippen LogP contribution in [0.1, 0.15) is 11.1 Å². The fourth-order valence-corrected chi connectivity index (χ4v) is 6.91. The van der Waals surface area contributed by atoms with Gasteiger partial charge in [-0.15, -0.1) is 0 Å². The Morgan fingerprint density at radius 1 is 0.839 bits per heavy atom. The highest BCUT2D eigenvalue weighted by Gasteiger charge is 2.37. The summed E-state index contributed by atoms with van der Waals surface area (Å²) < 4.78 is 28.8. The molecule has 154 valence electrons. The van der Waals surface area contributed by atoms with Gasteiger partial charge in [-0.3, -0.25) is 0 Å². The van der Waals surface area contributed by atoms with Crippen molar-refractivity contribution in [1.29, 1.82) is 0 Å². The number of hydrogen-bond donors (Lipinski definition) is 0. The Bertz CT molecular complexity index is 1390. The Hall–Kier alpha value is -3.02. The predicted octanol–water partition coefficient (Wildman–Crippen LogP) is 6.49. The first-order chi connectivity index (χ1) is 15.0. The number of thioether (sulfide) groups is 1. The molecule has 0 aliphatic carbocycles. The first-order valence-corrected chi connectivity index (χ1v) is 12.4. The number of sulfonamides is 1. The van der Waals surface area contributed by atoms with E-state index in [-0.39, 0.29) is 5.37 Å². The highest BCUT2D eigenvalue weighted by molar-refractivity contribution is 8.03. The normalized spacial score (nSPS) is 16.2. The van der Waals surface area contributed by atoms with Crippen LogP contribution in [0.5, 0.6) is 0 Å². The van der Waals surface area contributed by atoms with E-state index in [2.05, 4.69) is 24.3 Å². The molecule has 0 spiro atoms. The minimum atomic E-state index is -3.70. The molecule has 0 amide bonds. The molecule has 0 aromatic heterocycles. The van der Waals surface area contributed by atoms with Crippen molar-refractivity contribution in [3.63, 3.8) is 0 Å². The van der Waals surface area contributed by atoms with Gasteiger partial charge in [-0.1, -0.05) is 90.1 Å². The summed E-state index contributed by atoms with van der Waals surface area (Å²) in [4.78, 5) is 1.27. The maximum absolute atomic E-state index is 13.6. The Morgan fingerprint density at radius 2 is 1.55 bits per heavy atom. The zero-order chi connectivity index (χ0) is 21.4. The average Bonchev–Trinajstić information content (AvgIpc) is 3.17. The van der Waals surface area contributed by atoms with Crippen LogP contribution in [-0.4, -0.2) is 13.8 Å². The van der Waals surface area contributed by atoms with Gasteiger partial charge in [0, 0.05) is 4.90 Å². The molecule has 0 radical (unpaired) electrons. The number of hydrogen-bond acceptors (Lipinski definition) is 3. The minimum absolute atomic E-state index is 0.305.